The quantitative estimate of drug-likeness (QED) is 0.794. The second kappa shape index (κ2) is 6.06. The van der Waals surface area contributed by atoms with E-state index in [2.05, 4.69) is 14.5 Å². The number of esters is 1. The molecule has 1 rings (SSSR count). The Kier molecular flexibility index (Phi) is 4.90. The van der Waals surface area contributed by atoms with Crippen molar-refractivity contribution in [3.05, 3.63) is 23.4 Å². The van der Waals surface area contributed by atoms with E-state index in [9.17, 15) is 28.2 Å². The first-order chi connectivity index (χ1) is 9.22. The summed E-state index contributed by atoms with van der Waals surface area (Å²) in [6.07, 6.45) is -7.81. The molecule has 6 nitrogen and oxygen atoms in total. The molecular weight excluding hydrogens is 283 g/mol. The van der Waals surface area contributed by atoms with Gasteiger partial charge in [-0.2, -0.15) is 13.2 Å². The summed E-state index contributed by atoms with van der Waals surface area (Å²) < 4.78 is 46.9. The number of hydrogen-bond donors (Lipinski definition) is 2. The minimum absolute atomic E-state index is 0.393. The van der Waals surface area contributed by atoms with Gasteiger partial charge in [0.05, 0.1) is 14.2 Å². The third-order valence-corrected chi connectivity index (χ3v) is 2.45. The number of nitrogens with zero attached hydrogens (tertiary/aromatic N) is 1. The van der Waals surface area contributed by atoms with Gasteiger partial charge in [0.1, 0.15) is 11.7 Å². The normalized spacial score (nSPS) is 14.6. The molecule has 2 unspecified atom stereocenters. The minimum Gasteiger partial charge on any atom is -0.481 e. The zero-order chi connectivity index (χ0) is 15.5. The van der Waals surface area contributed by atoms with Gasteiger partial charge in [-0.3, -0.25) is 0 Å². The third-order valence-electron chi connectivity index (χ3n) is 2.45. The molecule has 0 aliphatic heterocycles. The lowest BCUT2D eigenvalue weighted by molar-refractivity contribution is -0.156. The van der Waals surface area contributed by atoms with Crippen LogP contribution >= 0.6 is 0 Å². The van der Waals surface area contributed by atoms with Crippen LogP contribution in [0.25, 0.3) is 0 Å². The fourth-order valence-corrected chi connectivity index (χ4v) is 1.43. The van der Waals surface area contributed by atoms with E-state index < -0.39 is 41.4 Å². The molecule has 0 bridgehead atoms. The first kappa shape index (κ1) is 16.2. The largest absolute Gasteiger partial charge is 0.481 e. The molecular formula is C11H12F3NO5. The molecule has 0 saturated carbocycles. The van der Waals surface area contributed by atoms with Crippen molar-refractivity contribution < 1.29 is 37.7 Å². The maximum Gasteiger partial charge on any atom is 0.421 e. The summed E-state index contributed by atoms with van der Waals surface area (Å²) in [5.74, 6) is -1.86. The number of carbonyl (C=O) groups is 1. The molecule has 20 heavy (non-hydrogen) atoms. The van der Waals surface area contributed by atoms with Crippen LogP contribution in [-0.4, -0.2) is 41.5 Å². The first-order valence-corrected chi connectivity index (χ1v) is 5.27. The number of alkyl halides is 3. The summed E-state index contributed by atoms with van der Waals surface area (Å²) >= 11 is 0. The predicted molar refractivity (Wildman–Crippen MR) is 58.8 cm³/mol. The van der Waals surface area contributed by atoms with E-state index in [0.717, 1.165) is 20.4 Å². The molecule has 2 N–H and O–H groups in total. The fourth-order valence-electron chi connectivity index (χ4n) is 1.43. The highest BCUT2D eigenvalue weighted by Crippen LogP contribution is 2.36. The van der Waals surface area contributed by atoms with Crippen molar-refractivity contribution in [1.82, 2.24) is 4.98 Å². The molecule has 9 heteroatoms. The van der Waals surface area contributed by atoms with Crippen molar-refractivity contribution in [1.29, 1.82) is 0 Å². The number of methoxy groups -OCH3 is 2. The van der Waals surface area contributed by atoms with Gasteiger partial charge in [-0.25, -0.2) is 9.78 Å². The second-order valence-electron chi connectivity index (χ2n) is 3.74. The molecule has 0 aliphatic carbocycles. The summed E-state index contributed by atoms with van der Waals surface area (Å²) in [5.41, 5.74) is -1.62. The number of rotatable bonds is 4. The van der Waals surface area contributed by atoms with E-state index in [1.165, 1.54) is 0 Å². The molecule has 0 saturated heterocycles. The molecule has 1 aromatic rings. The molecule has 0 aliphatic rings. The zero-order valence-corrected chi connectivity index (χ0v) is 10.5. The van der Waals surface area contributed by atoms with Crippen molar-refractivity contribution in [3.8, 4) is 5.88 Å². The Balaban J connectivity index is 3.18. The lowest BCUT2D eigenvalue weighted by atomic mass is 10.0. The molecule has 0 aromatic carbocycles. The second-order valence-corrected chi connectivity index (χ2v) is 3.74. The first-order valence-electron chi connectivity index (χ1n) is 5.27. The molecule has 0 fully saturated rings. The molecule has 2 atom stereocenters. The fraction of sp³-hybridized carbons (Fsp3) is 0.455. The van der Waals surface area contributed by atoms with Crippen LogP contribution in [0.15, 0.2) is 12.3 Å². The van der Waals surface area contributed by atoms with Crippen molar-refractivity contribution in [2.24, 2.45) is 0 Å². The number of halogens is 3. The SMILES string of the molecule is COC(=O)C(O)C(O)c1cnc(OC)c(C(F)(F)F)c1. The summed E-state index contributed by atoms with van der Waals surface area (Å²) in [6.45, 7) is 0. The molecule has 0 amide bonds. The van der Waals surface area contributed by atoms with Gasteiger partial charge in [-0.05, 0) is 6.07 Å². The predicted octanol–water partition coefficient (Wildman–Crippen LogP) is 0.676. The van der Waals surface area contributed by atoms with E-state index in [1.807, 2.05) is 0 Å². The average Bonchev–Trinajstić information content (AvgIpc) is 2.43. The Labute approximate surface area is 111 Å². The maximum absolute atomic E-state index is 12.7. The molecule has 0 radical (unpaired) electrons. The van der Waals surface area contributed by atoms with Crippen LogP contribution in [0.4, 0.5) is 13.2 Å². The Bertz CT molecular complexity index is 491. The Morgan fingerprint density at radius 1 is 1.35 bits per heavy atom. The van der Waals surface area contributed by atoms with Crippen molar-refractivity contribution in [3.63, 3.8) is 0 Å². The monoisotopic (exact) mass is 295 g/mol. The highest BCUT2D eigenvalue weighted by atomic mass is 19.4. The number of pyridine rings is 1. The Morgan fingerprint density at radius 3 is 2.40 bits per heavy atom. The smallest absolute Gasteiger partial charge is 0.421 e. The lowest BCUT2D eigenvalue weighted by Gasteiger charge is -2.18. The van der Waals surface area contributed by atoms with E-state index in [-0.39, 0.29) is 0 Å². The van der Waals surface area contributed by atoms with Gasteiger partial charge in [0.25, 0.3) is 0 Å². The van der Waals surface area contributed by atoms with Gasteiger partial charge < -0.3 is 19.7 Å². The van der Waals surface area contributed by atoms with Gasteiger partial charge in [-0.1, -0.05) is 0 Å². The molecule has 1 heterocycles. The van der Waals surface area contributed by atoms with E-state index in [0.29, 0.717) is 6.07 Å². The topological polar surface area (TPSA) is 88.9 Å². The van der Waals surface area contributed by atoms with Gasteiger partial charge >= 0.3 is 12.1 Å². The van der Waals surface area contributed by atoms with Crippen molar-refractivity contribution in [2.75, 3.05) is 14.2 Å². The molecule has 112 valence electrons. The maximum atomic E-state index is 12.7. The number of ether oxygens (including phenoxy) is 2. The van der Waals surface area contributed by atoms with E-state index in [1.54, 1.807) is 0 Å². The standard InChI is InChI=1S/C11H12F3NO5/c1-19-9-6(11(12,13)14)3-5(4-15-9)7(16)8(17)10(18)20-2/h3-4,7-8,16-17H,1-2H3. The average molecular weight is 295 g/mol. The number of aromatic nitrogens is 1. The zero-order valence-electron chi connectivity index (χ0n) is 10.5. The third kappa shape index (κ3) is 3.36. The molecule has 1 aromatic heterocycles. The van der Waals surface area contributed by atoms with Gasteiger partial charge in [0.2, 0.25) is 5.88 Å². The van der Waals surface area contributed by atoms with Crippen LogP contribution < -0.4 is 4.74 Å². The number of hydrogen-bond acceptors (Lipinski definition) is 6. The van der Waals surface area contributed by atoms with E-state index >= 15 is 0 Å². The minimum atomic E-state index is -4.76. The summed E-state index contributed by atoms with van der Waals surface area (Å²) in [4.78, 5) is 14.4. The van der Waals surface area contributed by atoms with Crippen LogP contribution in [0.1, 0.15) is 17.2 Å². The summed E-state index contributed by atoms with van der Waals surface area (Å²) in [6, 6.07) is 0.544. The highest BCUT2D eigenvalue weighted by molar-refractivity contribution is 5.75. The Morgan fingerprint density at radius 2 is 1.95 bits per heavy atom. The van der Waals surface area contributed by atoms with Gasteiger partial charge in [-0.15, -0.1) is 0 Å². The van der Waals surface area contributed by atoms with Crippen LogP contribution in [0.3, 0.4) is 0 Å². The number of aliphatic hydroxyl groups is 2. The summed E-state index contributed by atoms with van der Waals surface area (Å²) in [5, 5.41) is 19.0. The van der Waals surface area contributed by atoms with Gasteiger partial charge in [0.15, 0.2) is 6.10 Å². The highest BCUT2D eigenvalue weighted by Gasteiger charge is 2.37. The lowest BCUT2D eigenvalue weighted by Crippen LogP contribution is -2.29. The van der Waals surface area contributed by atoms with Crippen LogP contribution in [-0.2, 0) is 15.7 Å². The number of aliphatic hydroxyl groups excluding tert-OH is 2. The van der Waals surface area contributed by atoms with Crippen LogP contribution in [0, 0.1) is 0 Å². The number of carbonyl (C=O) groups excluding carboxylic acids is 1. The van der Waals surface area contributed by atoms with Crippen LogP contribution in [0.5, 0.6) is 5.88 Å². The van der Waals surface area contributed by atoms with Crippen molar-refractivity contribution >= 4 is 5.97 Å². The van der Waals surface area contributed by atoms with Gasteiger partial charge in [0, 0.05) is 11.8 Å². The van der Waals surface area contributed by atoms with Crippen molar-refractivity contribution in [2.45, 2.75) is 18.4 Å². The Hall–Kier alpha value is -1.87. The van der Waals surface area contributed by atoms with E-state index in [4.69, 9.17) is 0 Å². The summed E-state index contributed by atoms with van der Waals surface area (Å²) in [7, 11) is 1.97. The van der Waals surface area contributed by atoms with Crippen LogP contribution in [0.2, 0.25) is 0 Å². The molecule has 0 spiro atoms.